The van der Waals surface area contributed by atoms with Crippen LogP contribution in [0.2, 0.25) is 15.1 Å². The Hall–Kier alpha value is -2.82. The summed E-state index contributed by atoms with van der Waals surface area (Å²) in [6, 6.07) is 30.3. The molecule has 238 valence electrons. The SMILES string of the molecule is CC(C)(C)c1cc(CNCCC(=O)OCCC(c2ccc(Cl)cc2)(c2ccc(Cl)cc2)c2ccc(Cl)cc2)cc(C(C)(C)C)c1. The number of carbonyl (C=O) groups is 1. The van der Waals surface area contributed by atoms with E-state index in [1.807, 2.05) is 72.8 Å². The van der Waals surface area contributed by atoms with E-state index < -0.39 is 5.41 Å². The minimum Gasteiger partial charge on any atom is -0.466 e. The fourth-order valence-corrected chi connectivity index (χ4v) is 5.99. The van der Waals surface area contributed by atoms with Crippen LogP contribution >= 0.6 is 34.8 Å². The first-order valence-electron chi connectivity index (χ1n) is 15.5. The van der Waals surface area contributed by atoms with E-state index in [9.17, 15) is 4.79 Å². The average Bonchev–Trinajstić information content (AvgIpc) is 2.98. The molecule has 0 unspecified atom stereocenters. The van der Waals surface area contributed by atoms with E-state index in [1.165, 1.54) is 16.7 Å². The van der Waals surface area contributed by atoms with Crippen LogP contribution in [0.15, 0.2) is 91.0 Å². The maximum absolute atomic E-state index is 12.9. The number of rotatable bonds is 11. The zero-order chi connectivity index (χ0) is 32.8. The summed E-state index contributed by atoms with van der Waals surface area (Å²) in [5.41, 5.74) is 6.43. The summed E-state index contributed by atoms with van der Waals surface area (Å²) in [7, 11) is 0. The van der Waals surface area contributed by atoms with Crippen LogP contribution in [0.25, 0.3) is 0 Å². The highest BCUT2D eigenvalue weighted by Gasteiger charge is 2.36. The van der Waals surface area contributed by atoms with Gasteiger partial charge in [-0.25, -0.2) is 0 Å². The van der Waals surface area contributed by atoms with Crippen LogP contribution in [0.4, 0.5) is 0 Å². The van der Waals surface area contributed by atoms with Crippen LogP contribution in [-0.2, 0) is 32.3 Å². The van der Waals surface area contributed by atoms with Crippen molar-refractivity contribution in [1.82, 2.24) is 5.32 Å². The summed E-state index contributed by atoms with van der Waals surface area (Å²) < 4.78 is 5.86. The highest BCUT2D eigenvalue weighted by molar-refractivity contribution is 6.31. The Morgan fingerprint density at radius 2 is 1.02 bits per heavy atom. The minimum atomic E-state index is -0.624. The molecule has 3 nitrogen and oxygen atoms in total. The van der Waals surface area contributed by atoms with Crippen molar-refractivity contribution >= 4 is 40.8 Å². The number of hydrogen-bond acceptors (Lipinski definition) is 3. The molecule has 6 heteroatoms. The molecule has 0 radical (unpaired) electrons. The number of hydrogen-bond donors (Lipinski definition) is 1. The zero-order valence-electron chi connectivity index (χ0n) is 27.1. The van der Waals surface area contributed by atoms with Gasteiger partial charge in [0.05, 0.1) is 13.0 Å². The molecule has 0 fully saturated rings. The number of ether oxygens (including phenoxy) is 1. The van der Waals surface area contributed by atoms with Crippen molar-refractivity contribution in [3.8, 4) is 0 Å². The topological polar surface area (TPSA) is 38.3 Å². The van der Waals surface area contributed by atoms with Crippen LogP contribution in [0.5, 0.6) is 0 Å². The number of carbonyl (C=O) groups excluding carboxylic acids is 1. The molecule has 0 aliphatic heterocycles. The quantitative estimate of drug-likeness (QED) is 0.0985. The van der Waals surface area contributed by atoms with Gasteiger partial charge in [-0.3, -0.25) is 4.79 Å². The molecule has 0 bridgehead atoms. The maximum atomic E-state index is 12.9. The summed E-state index contributed by atoms with van der Waals surface area (Å²) in [5, 5.41) is 5.41. The van der Waals surface area contributed by atoms with E-state index in [2.05, 4.69) is 65.1 Å². The molecule has 45 heavy (non-hydrogen) atoms. The van der Waals surface area contributed by atoms with E-state index in [0.29, 0.717) is 34.6 Å². The average molecular weight is 665 g/mol. The second-order valence-electron chi connectivity index (χ2n) is 13.7. The third-order valence-electron chi connectivity index (χ3n) is 8.31. The lowest BCUT2D eigenvalue weighted by atomic mass is 9.67. The number of benzene rings is 4. The normalized spacial score (nSPS) is 12.3. The van der Waals surface area contributed by atoms with Crippen molar-refractivity contribution in [2.75, 3.05) is 13.2 Å². The van der Waals surface area contributed by atoms with Gasteiger partial charge in [0, 0.05) is 33.6 Å². The second kappa shape index (κ2) is 14.7. The first-order chi connectivity index (χ1) is 21.2. The second-order valence-corrected chi connectivity index (χ2v) is 15.1. The molecular formula is C39H44Cl3NO2. The highest BCUT2D eigenvalue weighted by Crippen LogP contribution is 2.43. The molecule has 1 N–H and O–H groups in total. The fraction of sp³-hybridized carbons (Fsp3) is 0.359. The van der Waals surface area contributed by atoms with E-state index in [1.54, 1.807) is 0 Å². The predicted octanol–water partition coefficient (Wildman–Crippen LogP) is 10.7. The summed E-state index contributed by atoms with van der Waals surface area (Å²) >= 11 is 18.9. The smallest absolute Gasteiger partial charge is 0.307 e. The Morgan fingerprint density at radius 1 is 0.622 bits per heavy atom. The molecule has 4 aromatic rings. The first kappa shape index (κ1) is 35.0. The maximum Gasteiger partial charge on any atom is 0.307 e. The van der Waals surface area contributed by atoms with E-state index in [0.717, 1.165) is 16.7 Å². The lowest BCUT2D eigenvalue weighted by Crippen LogP contribution is -2.31. The van der Waals surface area contributed by atoms with Gasteiger partial charge in [-0.15, -0.1) is 0 Å². The third kappa shape index (κ3) is 9.14. The van der Waals surface area contributed by atoms with Gasteiger partial charge >= 0.3 is 5.97 Å². The van der Waals surface area contributed by atoms with Crippen molar-refractivity contribution in [3.05, 3.63) is 139 Å². The Morgan fingerprint density at radius 3 is 1.40 bits per heavy atom. The molecule has 0 atom stereocenters. The molecule has 0 aliphatic carbocycles. The molecule has 4 aromatic carbocycles. The minimum absolute atomic E-state index is 0.0546. The molecule has 4 rings (SSSR count). The molecule has 0 saturated carbocycles. The van der Waals surface area contributed by atoms with Gasteiger partial charge in [-0.05, 0) is 87.0 Å². The number of halogens is 3. The Labute approximate surface area is 284 Å². The molecule has 0 heterocycles. The Balaban J connectivity index is 1.46. The number of esters is 1. The zero-order valence-corrected chi connectivity index (χ0v) is 29.4. The summed E-state index contributed by atoms with van der Waals surface area (Å²) in [6.45, 7) is 14.9. The molecule has 0 aliphatic rings. The summed E-state index contributed by atoms with van der Waals surface area (Å²) in [6.07, 6.45) is 0.799. The van der Waals surface area contributed by atoms with Crippen LogP contribution in [-0.4, -0.2) is 19.1 Å². The molecule has 0 amide bonds. The molecule has 0 aromatic heterocycles. The van der Waals surface area contributed by atoms with Crippen molar-refractivity contribution in [2.24, 2.45) is 0 Å². The summed E-state index contributed by atoms with van der Waals surface area (Å²) in [5.74, 6) is -0.237. The van der Waals surface area contributed by atoms with Crippen LogP contribution in [0.1, 0.15) is 87.8 Å². The van der Waals surface area contributed by atoms with Crippen LogP contribution < -0.4 is 5.32 Å². The van der Waals surface area contributed by atoms with Crippen molar-refractivity contribution in [2.45, 2.75) is 77.2 Å². The van der Waals surface area contributed by atoms with E-state index in [-0.39, 0.29) is 29.8 Å². The van der Waals surface area contributed by atoms with Gasteiger partial charge in [-0.2, -0.15) is 0 Å². The van der Waals surface area contributed by atoms with Crippen molar-refractivity contribution in [3.63, 3.8) is 0 Å². The fourth-order valence-electron chi connectivity index (χ4n) is 5.61. The van der Waals surface area contributed by atoms with Gasteiger partial charge in [0.25, 0.3) is 0 Å². The van der Waals surface area contributed by atoms with Crippen molar-refractivity contribution < 1.29 is 9.53 Å². The Bertz CT molecular complexity index is 1420. The molecule has 0 spiro atoms. The predicted molar refractivity (Wildman–Crippen MR) is 190 cm³/mol. The largest absolute Gasteiger partial charge is 0.466 e. The molecule has 0 saturated heterocycles. The molecular weight excluding hydrogens is 621 g/mol. The lowest BCUT2D eigenvalue weighted by molar-refractivity contribution is -0.143. The van der Waals surface area contributed by atoms with Crippen LogP contribution in [0.3, 0.4) is 0 Å². The number of nitrogens with one attached hydrogen (secondary N) is 1. The van der Waals surface area contributed by atoms with Gasteiger partial charge in [0.15, 0.2) is 0 Å². The summed E-state index contributed by atoms with van der Waals surface area (Å²) in [4.78, 5) is 12.9. The van der Waals surface area contributed by atoms with Gasteiger partial charge in [-0.1, -0.05) is 131 Å². The Kier molecular flexibility index (Phi) is 11.5. The van der Waals surface area contributed by atoms with Crippen molar-refractivity contribution in [1.29, 1.82) is 0 Å². The monoisotopic (exact) mass is 663 g/mol. The van der Waals surface area contributed by atoms with Gasteiger partial charge in [0.2, 0.25) is 0 Å². The van der Waals surface area contributed by atoms with Gasteiger partial charge < -0.3 is 10.1 Å². The standard InChI is InChI=1S/C39H44Cl3NO2/c1-37(2,3)31-23-27(24-32(25-31)38(4,5)6)26-43-21-19-36(44)45-22-20-39(28-7-13-33(40)14-8-28,29-9-15-34(41)16-10-29)30-11-17-35(42)18-12-30/h7-18,23-25,43H,19-22,26H2,1-6H3. The van der Waals surface area contributed by atoms with Crippen LogP contribution in [0, 0.1) is 0 Å². The lowest BCUT2D eigenvalue weighted by Gasteiger charge is -2.36. The first-order valence-corrected chi connectivity index (χ1v) is 16.6. The van der Waals surface area contributed by atoms with Gasteiger partial charge in [0.1, 0.15) is 0 Å². The highest BCUT2D eigenvalue weighted by atomic mass is 35.5. The van der Waals surface area contributed by atoms with E-state index in [4.69, 9.17) is 39.5 Å². The van der Waals surface area contributed by atoms with E-state index >= 15 is 0 Å². The third-order valence-corrected chi connectivity index (χ3v) is 9.07.